The van der Waals surface area contributed by atoms with Crippen molar-refractivity contribution < 1.29 is 4.79 Å². The molecule has 136 valence electrons. The highest BCUT2D eigenvalue weighted by atomic mass is 16.2. The van der Waals surface area contributed by atoms with Crippen molar-refractivity contribution in [1.29, 1.82) is 0 Å². The summed E-state index contributed by atoms with van der Waals surface area (Å²) in [6, 6.07) is 0. The highest BCUT2D eigenvalue weighted by Gasteiger charge is 2.17. The van der Waals surface area contributed by atoms with Crippen LogP contribution in [-0.2, 0) is 25.4 Å². The molecule has 10 heteroatoms. The number of hydrogen-bond acceptors (Lipinski definition) is 6. The number of carbonyl (C=O) groups is 1. The van der Waals surface area contributed by atoms with Crippen molar-refractivity contribution in [3.8, 4) is 0 Å². The van der Waals surface area contributed by atoms with Gasteiger partial charge in [0.05, 0.1) is 6.33 Å². The molecule has 1 amide bonds. The fourth-order valence-electron chi connectivity index (χ4n) is 3.02. The minimum Gasteiger partial charge on any atom is -0.353 e. The van der Waals surface area contributed by atoms with E-state index in [1.165, 1.54) is 17.9 Å². The normalized spacial score (nSPS) is 15.6. The maximum absolute atomic E-state index is 12.5. The lowest BCUT2D eigenvalue weighted by Gasteiger charge is -2.27. The summed E-state index contributed by atoms with van der Waals surface area (Å²) in [7, 11) is 3.22. The van der Waals surface area contributed by atoms with Gasteiger partial charge in [0.25, 0.3) is 5.56 Å². The van der Waals surface area contributed by atoms with Gasteiger partial charge in [0.1, 0.15) is 6.54 Å². The SMILES string of the molecule is Cn1cnc2c1c(=O)n(CC(=O)NCCN1CCNCC1)c(=O)n2C. The van der Waals surface area contributed by atoms with Gasteiger partial charge in [0, 0.05) is 53.4 Å². The van der Waals surface area contributed by atoms with Crippen molar-refractivity contribution in [2.24, 2.45) is 14.1 Å². The lowest BCUT2D eigenvalue weighted by molar-refractivity contribution is -0.121. The number of rotatable bonds is 5. The van der Waals surface area contributed by atoms with Crippen LogP contribution in [0.15, 0.2) is 15.9 Å². The highest BCUT2D eigenvalue weighted by Crippen LogP contribution is 2.02. The Morgan fingerprint density at radius 1 is 1.28 bits per heavy atom. The first-order valence-electron chi connectivity index (χ1n) is 8.29. The standard InChI is InChI=1S/C15H23N7O3/c1-19-10-18-13-12(19)14(24)22(15(25)20(13)2)9-11(23)17-5-8-21-6-3-16-4-7-21/h10,16H,3-9H2,1-2H3,(H,17,23). The average molecular weight is 349 g/mol. The van der Waals surface area contributed by atoms with Crippen LogP contribution in [-0.4, -0.2) is 68.8 Å². The zero-order valence-electron chi connectivity index (χ0n) is 14.5. The summed E-state index contributed by atoms with van der Waals surface area (Å²) in [6.45, 7) is 4.74. The molecule has 2 aromatic heterocycles. The largest absolute Gasteiger partial charge is 0.353 e. The number of fused-ring (bicyclic) bond motifs is 1. The molecule has 0 spiro atoms. The lowest BCUT2D eigenvalue weighted by atomic mass is 10.3. The molecule has 1 fully saturated rings. The molecule has 3 heterocycles. The van der Waals surface area contributed by atoms with E-state index >= 15 is 0 Å². The van der Waals surface area contributed by atoms with E-state index in [9.17, 15) is 14.4 Å². The van der Waals surface area contributed by atoms with Crippen molar-refractivity contribution in [2.45, 2.75) is 6.54 Å². The van der Waals surface area contributed by atoms with Crippen LogP contribution in [0.25, 0.3) is 11.2 Å². The van der Waals surface area contributed by atoms with E-state index in [1.807, 2.05) is 0 Å². The summed E-state index contributed by atoms with van der Waals surface area (Å²) in [4.78, 5) is 43.4. The molecular weight excluding hydrogens is 326 g/mol. The Morgan fingerprint density at radius 2 is 2.00 bits per heavy atom. The van der Waals surface area contributed by atoms with Crippen LogP contribution in [0.4, 0.5) is 0 Å². The van der Waals surface area contributed by atoms with Gasteiger partial charge in [-0.2, -0.15) is 0 Å². The summed E-state index contributed by atoms with van der Waals surface area (Å²) in [5.41, 5.74) is -0.438. The van der Waals surface area contributed by atoms with Crippen LogP contribution < -0.4 is 21.9 Å². The number of carbonyl (C=O) groups excluding carboxylic acids is 1. The quantitative estimate of drug-likeness (QED) is 0.616. The Bertz CT molecular complexity index is 889. The highest BCUT2D eigenvalue weighted by molar-refractivity contribution is 5.76. The van der Waals surface area contributed by atoms with Gasteiger partial charge in [-0.05, 0) is 0 Å². The van der Waals surface area contributed by atoms with E-state index in [0.29, 0.717) is 17.7 Å². The number of nitrogens with one attached hydrogen (secondary N) is 2. The van der Waals surface area contributed by atoms with Crippen LogP contribution in [0.1, 0.15) is 0 Å². The number of amides is 1. The number of imidazole rings is 1. The summed E-state index contributed by atoms with van der Waals surface area (Å²) < 4.78 is 3.78. The van der Waals surface area contributed by atoms with Crippen molar-refractivity contribution in [3.63, 3.8) is 0 Å². The number of piperazine rings is 1. The zero-order chi connectivity index (χ0) is 18.0. The molecule has 1 aliphatic rings. The lowest BCUT2D eigenvalue weighted by Crippen LogP contribution is -2.47. The molecule has 0 aromatic carbocycles. The maximum Gasteiger partial charge on any atom is 0.332 e. The monoisotopic (exact) mass is 349 g/mol. The predicted molar refractivity (Wildman–Crippen MR) is 92.5 cm³/mol. The third-order valence-electron chi connectivity index (χ3n) is 4.46. The van der Waals surface area contributed by atoms with E-state index in [-0.39, 0.29) is 12.5 Å². The molecule has 0 bridgehead atoms. The van der Waals surface area contributed by atoms with E-state index in [1.54, 1.807) is 11.6 Å². The zero-order valence-corrected chi connectivity index (χ0v) is 14.5. The van der Waals surface area contributed by atoms with Gasteiger partial charge < -0.3 is 15.2 Å². The van der Waals surface area contributed by atoms with Crippen LogP contribution in [0.3, 0.4) is 0 Å². The Morgan fingerprint density at radius 3 is 2.72 bits per heavy atom. The molecule has 1 aliphatic heterocycles. The van der Waals surface area contributed by atoms with Gasteiger partial charge >= 0.3 is 5.69 Å². The average Bonchev–Trinajstić information content (AvgIpc) is 3.00. The second kappa shape index (κ2) is 7.19. The molecule has 3 rings (SSSR count). The second-order valence-corrected chi connectivity index (χ2v) is 6.20. The van der Waals surface area contributed by atoms with Gasteiger partial charge in [-0.15, -0.1) is 0 Å². The fraction of sp³-hybridized carbons (Fsp3) is 0.600. The van der Waals surface area contributed by atoms with Crippen LogP contribution in [0, 0.1) is 0 Å². The Balaban J connectivity index is 1.69. The van der Waals surface area contributed by atoms with Gasteiger partial charge in [-0.3, -0.25) is 19.1 Å². The Hall–Kier alpha value is -2.46. The minimum absolute atomic E-state index is 0.297. The van der Waals surface area contributed by atoms with Crippen molar-refractivity contribution in [1.82, 2.24) is 34.2 Å². The Labute approximate surface area is 144 Å². The van der Waals surface area contributed by atoms with E-state index in [4.69, 9.17) is 0 Å². The number of aromatic nitrogens is 4. The summed E-state index contributed by atoms with van der Waals surface area (Å²) in [5.74, 6) is -0.351. The fourth-order valence-corrected chi connectivity index (χ4v) is 3.02. The summed E-state index contributed by atoms with van der Waals surface area (Å²) in [6.07, 6.45) is 1.48. The molecule has 0 unspecified atom stereocenters. The molecule has 0 atom stereocenters. The van der Waals surface area contributed by atoms with Crippen molar-refractivity contribution in [3.05, 3.63) is 27.2 Å². The predicted octanol–water partition coefficient (Wildman–Crippen LogP) is -2.54. The van der Waals surface area contributed by atoms with Gasteiger partial charge in [0.2, 0.25) is 5.91 Å². The van der Waals surface area contributed by atoms with Crippen LogP contribution in [0.5, 0.6) is 0 Å². The third-order valence-corrected chi connectivity index (χ3v) is 4.46. The third kappa shape index (κ3) is 3.49. The molecule has 2 N–H and O–H groups in total. The first kappa shape index (κ1) is 17.4. The maximum atomic E-state index is 12.5. The Kier molecular flexibility index (Phi) is 5.00. The summed E-state index contributed by atoms with van der Waals surface area (Å²) in [5, 5.41) is 6.05. The molecule has 2 aromatic rings. The van der Waals surface area contributed by atoms with E-state index < -0.39 is 11.2 Å². The number of aryl methyl sites for hydroxylation is 2. The topological polar surface area (TPSA) is 106 Å². The van der Waals surface area contributed by atoms with Crippen LogP contribution in [0.2, 0.25) is 0 Å². The first-order chi connectivity index (χ1) is 12.0. The smallest absolute Gasteiger partial charge is 0.332 e. The second-order valence-electron chi connectivity index (χ2n) is 6.20. The summed E-state index contributed by atoms with van der Waals surface area (Å²) >= 11 is 0. The molecule has 0 saturated carbocycles. The van der Waals surface area contributed by atoms with E-state index in [2.05, 4.69) is 20.5 Å². The number of hydrogen-bond donors (Lipinski definition) is 2. The molecular formula is C15H23N7O3. The molecule has 10 nitrogen and oxygen atoms in total. The van der Waals surface area contributed by atoms with Gasteiger partial charge in [0.15, 0.2) is 11.2 Å². The van der Waals surface area contributed by atoms with Crippen LogP contribution >= 0.6 is 0 Å². The first-order valence-corrected chi connectivity index (χ1v) is 8.29. The van der Waals surface area contributed by atoms with Gasteiger partial charge in [-0.1, -0.05) is 0 Å². The minimum atomic E-state index is -0.548. The van der Waals surface area contributed by atoms with E-state index in [0.717, 1.165) is 37.3 Å². The van der Waals surface area contributed by atoms with Crippen molar-refractivity contribution in [2.75, 3.05) is 39.3 Å². The molecule has 25 heavy (non-hydrogen) atoms. The molecule has 0 aliphatic carbocycles. The molecule has 0 radical (unpaired) electrons. The molecule has 1 saturated heterocycles. The number of nitrogens with zero attached hydrogens (tertiary/aromatic N) is 5. The van der Waals surface area contributed by atoms with Gasteiger partial charge in [-0.25, -0.2) is 14.3 Å². The van der Waals surface area contributed by atoms with Crippen molar-refractivity contribution >= 4 is 17.1 Å².